The van der Waals surface area contributed by atoms with E-state index in [1.54, 1.807) is 42.0 Å². The Labute approximate surface area is 398 Å². The van der Waals surface area contributed by atoms with Crippen molar-refractivity contribution in [3.63, 3.8) is 0 Å². The van der Waals surface area contributed by atoms with Crippen molar-refractivity contribution >= 4 is 34.4 Å². The van der Waals surface area contributed by atoms with Crippen LogP contribution in [0.1, 0.15) is 75.1 Å². The Morgan fingerprint density at radius 3 is 2.14 bits per heavy atom. The molecule has 0 N–H and O–H groups in total. The van der Waals surface area contributed by atoms with E-state index in [1.807, 2.05) is 74.2 Å². The third kappa shape index (κ3) is 9.03. The van der Waals surface area contributed by atoms with Gasteiger partial charge in [-0.1, -0.05) is 24.3 Å². The molecular formula is C51H57F4N9O5. The highest BCUT2D eigenvalue weighted by Crippen LogP contribution is 2.45. The Morgan fingerprint density at radius 2 is 1.54 bits per heavy atom. The number of carbonyl (C=O) groups is 1. The minimum Gasteiger partial charge on any atom is -0.497 e. The molecule has 0 aliphatic carbocycles. The van der Waals surface area contributed by atoms with Crippen molar-refractivity contribution in [2.24, 2.45) is 0 Å². The van der Waals surface area contributed by atoms with Crippen LogP contribution in [0, 0.1) is 6.92 Å². The minimum atomic E-state index is -4.81. The smallest absolute Gasteiger partial charge is 0.418 e. The molecule has 18 heteroatoms. The molecule has 4 fully saturated rings. The molecule has 4 aliphatic rings. The van der Waals surface area contributed by atoms with Gasteiger partial charge in [0.15, 0.2) is 5.82 Å². The maximum absolute atomic E-state index is 15.6. The van der Waals surface area contributed by atoms with E-state index in [1.165, 1.54) is 13.0 Å². The normalized spacial score (nSPS) is 21.6. The largest absolute Gasteiger partial charge is 0.497 e. The monoisotopic (exact) mass is 951 g/mol. The number of hydrogen-bond donors (Lipinski definition) is 0. The number of anilines is 2. The molecule has 8 heterocycles. The SMILES string of the molecule is COc1ccc(CN(Cc2ccc(OC)cc2)c2cc(C)c(C(F)(F)F)c(-c3cc4nc(OC[C@@]56CCCN5C[C@H](F)C6)nc(N5[C@@H]6CC[C@H]5CN(C(=O)OC(C)(C)C)C6)c4n4ccnc34)n2)cc1. The summed E-state index contributed by atoms with van der Waals surface area (Å²) in [7, 11) is 3.18. The first-order valence-corrected chi connectivity index (χ1v) is 23.6. The first-order chi connectivity index (χ1) is 33.0. The van der Waals surface area contributed by atoms with Crippen LogP contribution in [0.15, 0.2) is 73.1 Å². The zero-order valence-corrected chi connectivity index (χ0v) is 39.7. The van der Waals surface area contributed by atoms with E-state index in [2.05, 4.69) is 9.80 Å². The molecule has 0 spiro atoms. The fourth-order valence-electron chi connectivity index (χ4n) is 10.9. The van der Waals surface area contributed by atoms with Crippen LogP contribution in [0.5, 0.6) is 17.5 Å². The van der Waals surface area contributed by atoms with Crippen molar-refractivity contribution < 1.29 is 41.3 Å². The number of aryl methyl sites for hydroxylation is 1. The van der Waals surface area contributed by atoms with Gasteiger partial charge in [-0.05, 0) is 113 Å². The highest BCUT2D eigenvalue weighted by atomic mass is 19.4. The molecule has 14 nitrogen and oxygen atoms in total. The molecule has 4 aromatic heterocycles. The van der Waals surface area contributed by atoms with E-state index in [-0.39, 0.29) is 47.2 Å². The summed E-state index contributed by atoms with van der Waals surface area (Å²) < 4.78 is 86.6. The van der Waals surface area contributed by atoms with Crippen LogP contribution < -0.4 is 24.0 Å². The van der Waals surface area contributed by atoms with Crippen molar-refractivity contribution in [3.8, 4) is 28.8 Å². The number of hydrogen-bond acceptors (Lipinski definition) is 12. The average Bonchev–Trinajstić information content (AvgIpc) is 4.08. The molecule has 364 valence electrons. The summed E-state index contributed by atoms with van der Waals surface area (Å²) in [5.41, 5.74) is 0.560. The van der Waals surface area contributed by atoms with Gasteiger partial charge in [-0.15, -0.1) is 0 Å². The molecule has 1 amide bonds. The number of imidazole rings is 1. The molecule has 0 saturated carbocycles. The van der Waals surface area contributed by atoms with E-state index < -0.39 is 35.1 Å². The van der Waals surface area contributed by atoms with E-state index in [9.17, 15) is 9.18 Å². The number of nitrogens with zero attached hydrogens (tertiary/aromatic N) is 9. The number of halogens is 4. The number of piperazine rings is 1. The van der Waals surface area contributed by atoms with Gasteiger partial charge in [0.1, 0.15) is 46.9 Å². The Bertz CT molecular complexity index is 2810. The molecule has 2 aromatic carbocycles. The lowest BCUT2D eigenvalue weighted by atomic mass is 9.95. The molecule has 0 radical (unpaired) electrons. The average molecular weight is 952 g/mol. The summed E-state index contributed by atoms with van der Waals surface area (Å²) in [6, 6.07) is 17.9. The maximum Gasteiger partial charge on any atom is 0.418 e. The number of carbonyl (C=O) groups excluding carboxylic acids is 1. The second-order valence-electron chi connectivity index (χ2n) is 19.9. The zero-order chi connectivity index (χ0) is 48.4. The van der Waals surface area contributed by atoms with Gasteiger partial charge in [0.25, 0.3) is 0 Å². The Kier molecular flexibility index (Phi) is 12.0. The van der Waals surface area contributed by atoms with Crippen molar-refractivity contribution in [1.29, 1.82) is 0 Å². The fourth-order valence-corrected chi connectivity index (χ4v) is 10.9. The molecule has 4 saturated heterocycles. The van der Waals surface area contributed by atoms with Crippen LogP contribution in [-0.4, -0.2) is 117 Å². The second-order valence-corrected chi connectivity index (χ2v) is 19.9. The lowest BCUT2D eigenvalue weighted by Crippen LogP contribution is -2.56. The minimum absolute atomic E-state index is 0.0169. The van der Waals surface area contributed by atoms with Crippen molar-refractivity contribution in [3.05, 3.63) is 95.3 Å². The Morgan fingerprint density at radius 1 is 0.884 bits per heavy atom. The Balaban J connectivity index is 1.12. The number of alkyl halides is 4. The third-order valence-corrected chi connectivity index (χ3v) is 14.0. The van der Waals surface area contributed by atoms with Gasteiger partial charge in [-0.2, -0.15) is 23.1 Å². The molecular weight excluding hydrogens is 895 g/mol. The first kappa shape index (κ1) is 46.3. The predicted molar refractivity (Wildman–Crippen MR) is 253 cm³/mol. The number of likely N-dealkylation sites (tertiary alicyclic amines) is 1. The quantitative estimate of drug-likeness (QED) is 0.109. The number of benzene rings is 2. The number of fused-ring (bicyclic) bond motifs is 6. The fraction of sp³-hybridized carbons (Fsp3) is 0.471. The van der Waals surface area contributed by atoms with Gasteiger partial charge in [0.05, 0.1) is 36.5 Å². The number of methoxy groups -OCH3 is 2. The van der Waals surface area contributed by atoms with Crippen LogP contribution in [0.3, 0.4) is 0 Å². The highest BCUT2D eigenvalue weighted by Gasteiger charge is 2.50. The molecule has 0 unspecified atom stereocenters. The van der Waals surface area contributed by atoms with Crippen LogP contribution in [0.4, 0.5) is 34.0 Å². The summed E-state index contributed by atoms with van der Waals surface area (Å²) in [6.07, 6.45) is 0.616. The van der Waals surface area contributed by atoms with E-state index in [0.29, 0.717) is 73.3 Å². The van der Waals surface area contributed by atoms with Gasteiger partial charge in [-0.25, -0.2) is 19.2 Å². The van der Waals surface area contributed by atoms with E-state index in [4.69, 9.17) is 38.9 Å². The first-order valence-electron chi connectivity index (χ1n) is 23.6. The third-order valence-electron chi connectivity index (χ3n) is 14.0. The van der Waals surface area contributed by atoms with Crippen molar-refractivity contribution in [1.82, 2.24) is 34.1 Å². The van der Waals surface area contributed by atoms with Crippen molar-refractivity contribution in [2.45, 2.75) is 108 Å². The summed E-state index contributed by atoms with van der Waals surface area (Å²) in [4.78, 5) is 41.1. The molecule has 2 bridgehead atoms. The standard InChI is InChI=1S/C51H57F4N9O5/c1-31-22-41(60(25-32-8-14-37(66-5)15-9-32)26-33-10-16-38(67-6)17-11-33)58-43(42(31)51(53,54)55)39-23-40-44(63-21-19-56-45(39)63)46(59-47(57-40)68-30-50-18-7-20-62(50)27-34(52)24-50)64-35-12-13-36(64)29-61(28-35)48(65)69-49(2,3)4/h8-11,14-17,19,21-23,34-36H,7,12-13,18,20,24-30H2,1-6H3/t34-,35-,36+,50+/m1/s1. The van der Waals surface area contributed by atoms with Crippen LogP contribution >= 0.6 is 0 Å². The van der Waals surface area contributed by atoms with Gasteiger partial charge in [0.2, 0.25) is 0 Å². The molecule has 69 heavy (non-hydrogen) atoms. The van der Waals surface area contributed by atoms with Crippen LogP contribution in [-0.2, 0) is 24.0 Å². The number of aromatic nitrogens is 5. The van der Waals surface area contributed by atoms with Gasteiger partial charge >= 0.3 is 18.3 Å². The van der Waals surface area contributed by atoms with E-state index in [0.717, 1.165) is 43.4 Å². The lowest BCUT2D eigenvalue weighted by molar-refractivity contribution is -0.137. The van der Waals surface area contributed by atoms with Crippen molar-refractivity contribution in [2.75, 3.05) is 56.8 Å². The Hall–Kier alpha value is -6.43. The number of amides is 1. The predicted octanol–water partition coefficient (Wildman–Crippen LogP) is 9.43. The summed E-state index contributed by atoms with van der Waals surface area (Å²) >= 11 is 0. The van der Waals surface area contributed by atoms with Crippen LogP contribution in [0.2, 0.25) is 0 Å². The zero-order valence-electron chi connectivity index (χ0n) is 39.7. The lowest BCUT2D eigenvalue weighted by Gasteiger charge is -2.42. The second kappa shape index (κ2) is 17.8. The maximum atomic E-state index is 15.6. The summed E-state index contributed by atoms with van der Waals surface area (Å²) in [5, 5.41) is 0. The van der Waals surface area contributed by atoms with Crippen LogP contribution in [0.25, 0.3) is 27.9 Å². The van der Waals surface area contributed by atoms with E-state index >= 15 is 13.2 Å². The highest BCUT2D eigenvalue weighted by molar-refractivity contribution is 5.96. The molecule has 10 rings (SSSR count). The molecule has 4 aliphatic heterocycles. The number of rotatable bonds is 12. The number of ether oxygens (including phenoxy) is 4. The summed E-state index contributed by atoms with van der Waals surface area (Å²) in [6.45, 7) is 9.60. The number of pyridine rings is 2. The van der Waals surface area contributed by atoms with Gasteiger partial charge < -0.3 is 33.6 Å². The molecule has 6 aromatic rings. The molecule has 4 atom stereocenters. The van der Waals surface area contributed by atoms with Gasteiger partial charge in [-0.3, -0.25) is 9.30 Å². The topological polar surface area (TPSA) is 123 Å². The summed E-state index contributed by atoms with van der Waals surface area (Å²) in [5.74, 6) is 2.18. The van der Waals surface area contributed by atoms with Gasteiger partial charge in [0, 0.05) is 69.2 Å².